The summed E-state index contributed by atoms with van der Waals surface area (Å²) >= 11 is 0. The quantitative estimate of drug-likeness (QED) is 0.410. The Morgan fingerprint density at radius 2 is 1.55 bits per heavy atom. The van der Waals surface area contributed by atoms with Crippen molar-refractivity contribution in [1.82, 2.24) is 0 Å². The highest BCUT2D eigenvalue weighted by Crippen LogP contribution is 2.13. The molecule has 0 saturated carbocycles. The number of Topliss-reactive ketones (excluding diaryl/α,β-unsaturated/α-hetero) is 1. The summed E-state index contributed by atoms with van der Waals surface area (Å²) in [5.41, 5.74) is 1.15. The molecule has 1 rings (SSSR count). The molecule has 0 unspecified atom stereocenters. The maximum Gasteiger partial charge on any atom is 0.138 e. The maximum absolute atomic E-state index is 11.8. The van der Waals surface area contributed by atoms with Crippen molar-refractivity contribution < 1.29 is 4.79 Å². The SMILES string of the molecule is CCCCCCCCCCCCC(=O)CC1=NCCC1. The Morgan fingerprint density at radius 1 is 0.950 bits per heavy atom. The number of unbranched alkanes of at least 4 members (excludes halogenated alkanes) is 9. The molecule has 0 N–H and O–H groups in total. The highest BCUT2D eigenvalue weighted by molar-refractivity contribution is 6.02. The van der Waals surface area contributed by atoms with E-state index in [4.69, 9.17) is 0 Å². The van der Waals surface area contributed by atoms with Gasteiger partial charge in [0.05, 0.1) is 0 Å². The van der Waals surface area contributed by atoms with Crippen molar-refractivity contribution in [1.29, 1.82) is 0 Å². The van der Waals surface area contributed by atoms with Crippen LogP contribution in [0.1, 0.15) is 96.8 Å². The minimum Gasteiger partial charge on any atom is -0.299 e. The molecule has 0 amide bonds. The lowest BCUT2D eigenvalue weighted by Gasteiger charge is -2.03. The van der Waals surface area contributed by atoms with E-state index < -0.39 is 0 Å². The van der Waals surface area contributed by atoms with Gasteiger partial charge in [0.2, 0.25) is 0 Å². The Labute approximate surface area is 125 Å². The van der Waals surface area contributed by atoms with Crippen molar-refractivity contribution in [2.24, 2.45) is 4.99 Å². The molecule has 0 saturated heterocycles. The van der Waals surface area contributed by atoms with Gasteiger partial charge in [0.25, 0.3) is 0 Å². The van der Waals surface area contributed by atoms with Gasteiger partial charge >= 0.3 is 0 Å². The first-order valence-electron chi connectivity index (χ1n) is 8.87. The molecule has 0 bridgehead atoms. The number of hydrogen-bond acceptors (Lipinski definition) is 2. The zero-order valence-corrected chi connectivity index (χ0v) is 13.5. The summed E-state index contributed by atoms with van der Waals surface area (Å²) in [4.78, 5) is 16.1. The average Bonchev–Trinajstić information content (AvgIpc) is 2.93. The van der Waals surface area contributed by atoms with Crippen molar-refractivity contribution in [2.75, 3.05) is 6.54 Å². The van der Waals surface area contributed by atoms with Crippen molar-refractivity contribution in [3.8, 4) is 0 Å². The molecule has 0 aromatic rings. The second kappa shape index (κ2) is 12.1. The van der Waals surface area contributed by atoms with Gasteiger partial charge in [-0.1, -0.05) is 64.7 Å². The van der Waals surface area contributed by atoms with E-state index >= 15 is 0 Å². The third-order valence-corrected chi connectivity index (χ3v) is 4.17. The first-order valence-corrected chi connectivity index (χ1v) is 8.87. The van der Waals surface area contributed by atoms with Gasteiger partial charge in [-0.3, -0.25) is 9.79 Å². The Morgan fingerprint density at radius 3 is 2.10 bits per heavy atom. The molecular formula is C18H33NO. The first-order chi connectivity index (χ1) is 9.83. The number of carbonyl (C=O) groups excluding carboxylic acids is 1. The Bertz CT molecular complexity index is 283. The molecular weight excluding hydrogens is 246 g/mol. The molecule has 0 atom stereocenters. The largest absolute Gasteiger partial charge is 0.299 e. The maximum atomic E-state index is 11.8. The molecule has 0 spiro atoms. The second-order valence-corrected chi connectivity index (χ2v) is 6.20. The van der Waals surface area contributed by atoms with E-state index in [0.29, 0.717) is 12.2 Å². The molecule has 2 heteroatoms. The standard InChI is InChI=1S/C18H33NO/c1-2-3-4-5-6-7-8-9-10-11-14-18(20)16-17-13-12-15-19-17/h2-16H2,1H3. The van der Waals surface area contributed by atoms with Crippen LogP contribution in [0, 0.1) is 0 Å². The molecule has 1 aliphatic rings. The fourth-order valence-corrected chi connectivity index (χ4v) is 2.87. The van der Waals surface area contributed by atoms with Crippen LogP contribution in [-0.2, 0) is 4.79 Å². The Balaban J connectivity index is 1.81. The summed E-state index contributed by atoms with van der Waals surface area (Å²) in [6.07, 6.45) is 16.9. The molecule has 0 aliphatic carbocycles. The smallest absolute Gasteiger partial charge is 0.138 e. The molecule has 0 fully saturated rings. The topological polar surface area (TPSA) is 29.4 Å². The fraction of sp³-hybridized carbons (Fsp3) is 0.889. The van der Waals surface area contributed by atoms with Crippen LogP contribution in [0.5, 0.6) is 0 Å². The van der Waals surface area contributed by atoms with Crippen molar-refractivity contribution in [2.45, 2.75) is 96.8 Å². The highest BCUT2D eigenvalue weighted by Gasteiger charge is 2.10. The lowest BCUT2D eigenvalue weighted by atomic mass is 10.0. The summed E-state index contributed by atoms with van der Waals surface area (Å²) in [5, 5.41) is 0. The highest BCUT2D eigenvalue weighted by atomic mass is 16.1. The third kappa shape index (κ3) is 9.28. The summed E-state index contributed by atoms with van der Waals surface area (Å²) in [7, 11) is 0. The molecule has 2 nitrogen and oxygen atoms in total. The van der Waals surface area contributed by atoms with Crippen LogP contribution in [0.4, 0.5) is 0 Å². The molecule has 1 heterocycles. The Hall–Kier alpha value is -0.660. The minimum atomic E-state index is 0.408. The molecule has 0 aromatic carbocycles. The van der Waals surface area contributed by atoms with Gasteiger partial charge in [0.1, 0.15) is 5.78 Å². The van der Waals surface area contributed by atoms with Gasteiger partial charge in [0, 0.05) is 25.1 Å². The van der Waals surface area contributed by atoms with Crippen molar-refractivity contribution in [3.63, 3.8) is 0 Å². The monoisotopic (exact) mass is 279 g/mol. The zero-order chi connectivity index (χ0) is 14.5. The van der Waals surface area contributed by atoms with Gasteiger partial charge in [-0.05, 0) is 19.3 Å². The number of rotatable bonds is 13. The summed E-state index contributed by atoms with van der Waals surface area (Å²) in [6, 6.07) is 0. The van der Waals surface area contributed by atoms with E-state index in [-0.39, 0.29) is 0 Å². The van der Waals surface area contributed by atoms with E-state index in [9.17, 15) is 4.79 Å². The Kier molecular flexibility index (Phi) is 10.5. The summed E-state index contributed by atoms with van der Waals surface area (Å²) in [6.45, 7) is 3.21. The summed E-state index contributed by atoms with van der Waals surface area (Å²) < 4.78 is 0. The van der Waals surface area contributed by atoms with Crippen molar-refractivity contribution in [3.05, 3.63) is 0 Å². The molecule has 0 radical (unpaired) electrons. The van der Waals surface area contributed by atoms with Gasteiger partial charge < -0.3 is 0 Å². The number of ketones is 1. The molecule has 20 heavy (non-hydrogen) atoms. The van der Waals surface area contributed by atoms with E-state index in [2.05, 4.69) is 11.9 Å². The van der Waals surface area contributed by atoms with Crippen molar-refractivity contribution >= 4 is 11.5 Å². The van der Waals surface area contributed by atoms with Gasteiger partial charge in [-0.15, -0.1) is 0 Å². The van der Waals surface area contributed by atoms with Gasteiger partial charge in [-0.2, -0.15) is 0 Å². The van der Waals surface area contributed by atoms with Crippen LogP contribution in [-0.4, -0.2) is 18.0 Å². The van der Waals surface area contributed by atoms with Crippen LogP contribution in [0.3, 0.4) is 0 Å². The molecule has 116 valence electrons. The lowest BCUT2D eigenvalue weighted by molar-refractivity contribution is -0.118. The first kappa shape index (κ1) is 17.4. The predicted molar refractivity (Wildman–Crippen MR) is 87.6 cm³/mol. The normalized spacial score (nSPS) is 14.6. The van der Waals surface area contributed by atoms with Crippen LogP contribution in [0.2, 0.25) is 0 Å². The van der Waals surface area contributed by atoms with E-state index in [1.54, 1.807) is 0 Å². The van der Waals surface area contributed by atoms with E-state index in [1.165, 1.54) is 57.8 Å². The number of hydrogen-bond donors (Lipinski definition) is 0. The second-order valence-electron chi connectivity index (χ2n) is 6.20. The average molecular weight is 279 g/mol. The third-order valence-electron chi connectivity index (χ3n) is 4.17. The van der Waals surface area contributed by atoms with E-state index in [1.807, 2.05) is 0 Å². The van der Waals surface area contributed by atoms with Gasteiger partial charge in [-0.25, -0.2) is 0 Å². The number of aliphatic imine (C=N–C) groups is 1. The number of carbonyl (C=O) groups is 1. The zero-order valence-electron chi connectivity index (χ0n) is 13.5. The predicted octanol–water partition coefficient (Wildman–Crippen LogP) is 5.49. The van der Waals surface area contributed by atoms with Crippen LogP contribution < -0.4 is 0 Å². The molecule has 0 aromatic heterocycles. The number of nitrogens with zero attached hydrogens (tertiary/aromatic N) is 1. The van der Waals surface area contributed by atoms with Gasteiger partial charge in [0.15, 0.2) is 0 Å². The van der Waals surface area contributed by atoms with Crippen LogP contribution in [0.25, 0.3) is 0 Å². The molecule has 1 aliphatic heterocycles. The fourth-order valence-electron chi connectivity index (χ4n) is 2.87. The van der Waals surface area contributed by atoms with Crippen LogP contribution in [0.15, 0.2) is 4.99 Å². The van der Waals surface area contributed by atoms with E-state index in [0.717, 1.165) is 37.9 Å². The van der Waals surface area contributed by atoms with Crippen LogP contribution >= 0.6 is 0 Å². The lowest BCUT2D eigenvalue weighted by Crippen LogP contribution is -2.05. The summed E-state index contributed by atoms with van der Waals surface area (Å²) in [5.74, 6) is 0.408. The minimum absolute atomic E-state index is 0.408.